The third-order valence-electron chi connectivity index (χ3n) is 3.34. The maximum absolute atomic E-state index is 6.23. The second-order valence-corrected chi connectivity index (χ2v) is 5.23. The molecule has 0 aliphatic heterocycles. The summed E-state index contributed by atoms with van der Waals surface area (Å²) in [7, 11) is 0. The van der Waals surface area contributed by atoms with Gasteiger partial charge in [-0.05, 0) is 30.5 Å². The van der Waals surface area contributed by atoms with Crippen molar-refractivity contribution >= 4 is 34.4 Å². The SMILES string of the molecule is Nc1nc(N)c2cc(CC3CC=CC=C3Cl)cnc2n1. The minimum Gasteiger partial charge on any atom is -0.383 e. The molecule has 1 atom stereocenters. The van der Waals surface area contributed by atoms with E-state index in [9.17, 15) is 0 Å². The molecule has 0 radical (unpaired) electrons. The van der Waals surface area contributed by atoms with Gasteiger partial charge < -0.3 is 11.5 Å². The molecule has 0 bridgehead atoms. The maximum Gasteiger partial charge on any atom is 0.224 e. The van der Waals surface area contributed by atoms with Gasteiger partial charge in [-0.1, -0.05) is 23.8 Å². The second kappa shape index (κ2) is 5.09. The quantitative estimate of drug-likeness (QED) is 0.885. The summed E-state index contributed by atoms with van der Waals surface area (Å²) in [6.07, 6.45) is 9.56. The Morgan fingerprint density at radius 2 is 2.15 bits per heavy atom. The molecule has 20 heavy (non-hydrogen) atoms. The van der Waals surface area contributed by atoms with Crippen LogP contribution in [0.3, 0.4) is 0 Å². The van der Waals surface area contributed by atoms with Gasteiger partial charge in [0.15, 0.2) is 5.65 Å². The van der Waals surface area contributed by atoms with Crippen molar-refractivity contribution in [2.24, 2.45) is 5.92 Å². The zero-order valence-corrected chi connectivity index (χ0v) is 11.5. The van der Waals surface area contributed by atoms with Crippen molar-refractivity contribution in [1.82, 2.24) is 15.0 Å². The van der Waals surface area contributed by atoms with Gasteiger partial charge in [-0.25, -0.2) is 4.98 Å². The molecule has 1 unspecified atom stereocenters. The lowest BCUT2D eigenvalue weighted by molar-refractivity contribution is 0.639. The normalized spacial score (nSPS) is 18.2. The lowest BCUT2D eigenvalue weighted by Gasteiger charge is -2.17. The minimum atomic E-state index is 0.138. The van der Waals surface area contributed by atoms with Crippen molar-refractivity contribution < 1.29 is 0 Å². The molecule has 1 aliphatic rings. The number of halogens is 1. The Labute approximate surface area is 121 Å². The smallest absolute Gasteiger partial charge is 0.224 e. The number of aromatic nitrogens is 3. The molecule has 6 heteroatoms. The highest BCUT2D eigenvalue weighted by atomic mass is 35.5. The number of anilines is 2. The zero-order valence-electron chi connectivity index (χ0n) is 10.8. The summed E-state index contributed by atoms with van der Waals surface area (Å²) in [5, 5.41) is 1.59. The average molecular weight is 288 g/mol. The Bertz CT molecular complexity index is 723. The van der Waals surface area contributed by atoms with Crippen LogP contribution in [0.25, 0.3) is 11.0 Å². The topological polar surface area (TPSA) is 90.7 Å². The predicted octanol–water partition coefficient (Wildman–Crippen LogP) is 2.43. The number of rotatable bonds is 2. The van der Waals surface area contributed by atoms with Crippen LogP contribution in [-0.4, -0.2) is 15.0 Å². The van der Waals surface area contributed by atoms with Gasteiger partial charge in [0.05, 0.1) is 5.39 Å². The van der Waals surface area contributed by atoms with Crippen LogP contribution in [0.4, 0.5) is 11.8 Å². The van der Waals surface area contributed by atoms with Crippen molar-refractivity contribution in [2.45, 2.75) is 12.8 Å². The molecule has 0 fully saturated rings. The highest BCUT2D eigenvalue weighted by molar-refractivity contribution is 6.30. The fourth-order valence-corrected chi connectivity index (χ4v) is 2.56. The number of allylic oxidation sites excluding steroid dienone is 4. The van der Waals surface area contributed by atoms with Crippen LogP contribution in [0.1, 0.15) is 12.0 Å². The third kappa shape index (κ3) is 2.44. The number of hydrogen-bond acceptors (Lipinski definition) is 5. The molecule has 2 aromatic rings. The molecular weight excluding hydrogens is 274 g/mol. The molecule has 0 spiro atoms. The van der Waals surface area contributed by atoms with E-state index in [4.69, 9.17) is 23.1 Å². The summed E-state index contributed by atoms with van der Waals surface area (Å²) in [4.78, 5) is 12.3. The van der Waals surface area contributed by atoms with Crippen LogP contribution in [0.2, 0.25) is 0 Å². The van der Waals surface area contributed by atoms with Crippen molar-refractivity contribution in [3.05, 3.63) is 41.1 Å². The van der Waals surface area contributed by atoms with Gasteiger partial charge >= 0.3 is 0 Å². The average Bonchev–Trinajstić information content (AvgIpc) is 2.42. The van der Waals surface area contributed by atoms with Crippen LogP contribution in [0, 0.1) is 5.92 Å². The molecule has 2 heterocycles. The maximum atomic E-state index is 6.23. The van der Waals surface area contributed by atoms with E-state index in [1.807, 2.05) is 18.2 Å². The van der Waals surface area contributed by atoms with Gasteiger partial charge in [0.25, 0.3) is 0 Å². The number of nitrogens with zero attached hydrogens (tertiary/aromatic N) is 3. The first-order valence-corrected chi connectivity index (χ1v) is 6.71. The van der Waals surface area contributed by atoms with Gasteiger partial charge in [0, 0.05) is 17.1 Å². The van der Waals surface area contributed by atoms with Crippen LogP contribution in [0.5, 0.6) is 0 Å². The van der Waals surface area contributed by atoms with Gasteiger partial charge in [0.2, 0.25) is 5.95 Å². The molecule has 5 nitrogen and oxygen atoms in total. The van der Waals surface area contributed by atoms with Crippen LogP contribution < -0.4 is 11.5 Å². The molecule has 1 aliphatic carbocycles. The Kier molecular flexibility index (Phi) is 3.28. The Morgan fingerprint density at radius 3 is 2.95 bits per heavy atom. The zero-order chi connectivity index (χ0) is 14.1. The van der Waals surface area contributed by atoms with Crippen LogP contribution in [-0.2, 0) is 6.42 Å². The molecule has 102 valence electrons. The number of nitrogen functional groups attached to an aromatic ring is 2. The number of nitrogens with two attached hydrogens (primary N) is 2. The van der Waals surface area contributed by atoms with Crippen molar-refractivity contribution in [3.63, 3.8) is 0 Å². The summed E-state index contributed by atoms with van der Waals surface area (Å²) in [6.45, 7) is 0. The largest absolute Gasteiger partial charge is 0.383 e. The van der Waals surface area contributed by atoms with E-state index in [-0.39, 0.29) is 11.9 Å². The number of fused-ring (bicyclic) bond motifs is 1. The summed E-state index contributed by atoms with van der Waals surface area (Å²) in [6, 6.07) is 1.96. The fraction of sp³-hybridized carbons (Fsp3) is 0.214. The van der Waals surface area contributed by atoms with E-state index in [2.05, 4.69) is 21.0 Å². The fourth-order valence-electron chi connectivity index (χ4n) is 2.32. The summed E-state index contributed by atoms with van der Waals surface area (Å²) in [5.41, 5.74) is 13.0. The molecule has 2 aromatic heterocycles. The van der Waals surface area contributed by atoms with Gasteiger partial charge in [-0.15, -0.1) is 0 Å². The highest BCUT2D eigenvalue weighted by Gasteiger charge is 2.15. The lowest BCUT2D eigenvalue weighted by atomic mass is 9.93. The van der Waals surface area contributed by atoms with E-state index >= 15 is 0 Å². The van der Waals surface area contributed by atoms with E-state index in [0.29, 0.717) is 11.5 Å². The van der Waals surface area contributed by atoms with Gasteiger partial charge in [-0.2, -0.15) is 9.97 Å². The number of hydrogen-bond donors (Lipinski definition) is 2. The van der Waals surface area contributed by atoms with E-state index < -0.39 is 0 Å². The first-order chi connectivity index (χ1) is 9.63. The van der Waals surface area contributed by atoms with Crippen LogP contribution in [0.15, 0.2) is 35.5 Å². The molecule has 4 N–H and O–H groups in total. The number of pyridine rings is 1. The van der Waals surface area contributed by atoms with Crippen molar-refractivity contribution in [1.29, 1.82) is 0 Å². The Morgan fingerprint density at radius 1 is 1.30 bits per heavy atom. The molecule has 0 aromatic carbocycles. The molecular formula is C14H14ClN5. The standard InChI is InChI=1S/C14H14ClN5/c15-11-4-2-1-3-9(11)5-8-6-10-12(16)19-14(17)20-13(10)18-7-8/h1-2,4,6-7,9H,3,5H2,(H4,16,17,18,19,20). The Balaban J connectivity index is 1.93. The van der Waals surface area contributed by atoms with Crippen molar-refractivity contribution in [3.8, 4) is 0 Å². The highest BCUT2D eigenvalue weighted by Crippen LogP contribution is 2.28. The lowest BCUT2D eigenvalue weighted by Crippen LogP contribution is -2.07. The van der Waals surface area contributed by atoms with E-state index in [1.54, 1.807) is 6.20 Å². The van der Waals surface area contributed by atoms with Crippen LogP contribution >= 0.6 is 11.6 Å². The first-order valence-electron chi connectivity index (χ1n) is 6.33. The Hall–Kier alpha value is -2.14. The summed E-state index contributed by atoms with van der Waals surface area (Å²) >= 11 is 6.23. The molecule has 0 amide bonds. The summed E-state index contributed by atoms with van der Waals surface area (Å²) in [5.74, 6) is 0.780. The van der Waals surface area contributed by atoms with Crippen molar-refractivity contribution in [2.75, 3.05) is 11.5 Å². The van der Waals surface area contributed by atoms with Gasteiger partial charge in [-0.3, -0.25) is 0 Å². The predicted molar refractivity (Wildman–Crippen MR) is 81.0 cm³/mol. The third-order valence-corrected chi connectivity index (χ3v) is 3.77. The van der Waals surface area contributed by atoms with E-state index in [0.717, 1.165) is 28.8 Å². The molecule has 0 saturated carbocycles. The second-order valence-electron chi connectivity index (χ2n) is 4.80. The molecule has 3 rings (SSSR count). The molecule has 0 saturated heterocycles. The minimum absolute atomic E-state index is 0.138. The first kappa shape index (κ1) is 12.9. The van der Waals surface area contributed by atoms with Gasteiger partial charge in [0.1, 0.15) is 5.82 Å². The van der Waals surface area contributed by atoms with E-state index in [1.165, 1.54) is 0 Å². The summed E-state index contributed by atoms with van der Waals surface area (Å²) < 4.78 is 0. The monoisotopic (exact) mass is 287 g/mol.